The number of hydrogen-bond acceptors (Lipinski definition) is 21. The quantitative estimate of drug-likeness (QED) is 0.0389. The minimum Gasteiger partial charge on any atom is -1.00 e. The molecule has 24 aliphatic rings. The Morgan fingerprint density at radius 3 is 1.38 bits per heavy atom. The van der Waals surface area contributed by atoms with Crippen LogP contribution in [0.25, 0.3) is 0 Å². The Labute approximate surface area is 757 Å². The maximum atomic E-state index is 12.2. The molecular formula is C89H148B4Cl2N9O20S+. The van der Waals surface area contributed by atoms with Gasteiger partial charge in [-0.05, 0) is 204 Å². The second-order valence-electron chi connectivity index (χ2n) is 41.2. The number of cyclic esters (lactones) is 2. The zero-order valence-electron chi connectivity index (χ0n) is 71.0. The van der Waals surface area contributed by atoms with Crippen molar-refractivity contribution in [1.82, 2.24) is 24.5 Å². The fraction of sp³-hybridized carbons (Fsp3) is 0.787. The lowest BCUT2D eigenvalue weighted by Gasteiger charge is -2.63. The van der Waals surface area contributed by atoms with Crippen molar-refractivity contribution in [2.24, 2.45) is 129 Å². The van der Waals surface area contributed by atoms with E-state index in [0.29, 0.717) is 84.7 Å². The van der Waals surface area contributed by atoms with Crippen LogP contribution < -0.4 is 46.9 Å². The van der Waals surface area contributed by atoms with E-state index < -0.39 is 42.0 Å². The number of esters is 2. The second-order valence-corrected chi connectivity index (χ2v) is 42.6. The number of quaternary nitrogens is 4. The van der Waals surface area contributed by atoms with Crippen LogP contribution in [0.15, 0.2) is 60.7 Å². The van der Waals surface area contributed by atoms with Gasteiger partial charge in [-0.25, -0.2) is 13.2 Å². The van der Waals surface area contributed by atoms with E-state index in [0.717, 1.165) is 117 Å². The molecule has 14 saturated carbocycles. The van der Waals surface area contributed by atoms with Crippen molar-refractivity contribution < 1.29 is 142 Å². The summed E-state index contributed by atoms with van der Waals surface area (Å²) in [5, 5.41) is 41.7. The second kappa shape index (κ2) is 40.3. The smallest absolute Gasteiger partial charge is 0.521 e. The van der Waals surface area contributed by atoms with Crippen molar-refractivity contribution in [2.45, 2.75) is 229 Å². The summed E-state index contributed by atoms with van der Waals surface area (Å²) in [5.74, 6) is 11.5. The average molecular weight is 1810 g/mol. The van der Waals surface area contributed by atoms with Crippen LogP contribution in [0.2, 0.25) is 0 Å². The molecule has 700 valence electrons. The molecule has 10 saturated heterocycles. The molecule has 0 aromatic heterocycles. The lowest BCUT2D eigenvalue weighted by Crippen LogP contribution is -3.00. The summed E-state index contributed by atoms with van der Waals surface area (Å²) in [7, 11) is -6.90. The van der Waals surface area contributed by atoms with Crippen molar-refractivity contribution >= 4 is 80.3 Å². The number of ether oxygens (including phenoxy) is 2. The van der Waals surface area contributed by atoms with E-state index in [1.807, 2.05) is 35.2 Å². The first-order chi connectivity index (χ1) is 55.9. The van der Waals surface area contributed by atoms with Gasteiger partial charge in [0.25, 0.3) is 11.8 Å². The molecule has 29 nitrogen and oxygen atoms in total. The van der Waals surface area contributed by atoms with Crippen LogP contribution in [0.1, 0.15) is 187 Å². The van der Waals surface area contributed by atoms with Gasteiger partial charge >= 0.3 is 46.5 Å². The van der Waals surface area contributed by atoms with Crippen molar-refractivity contribution in [3.05, 3.63) is 71.8 Å². The number of benzene rings is 2. The Morgan fingerprint density at radius 1 is 0.552 bits per heavy atom. The molecule has 26 unspecified atom stereocenters. The summed E-state index contributed by atoms with van der Waals surface area (Å²) < 4.78 is 62.3. The van der Waals surface area contributed by atoms with Gasteiger partial charge in [-0.3, -0.25) is 38.6 Å². The number of amides is 5. The van der Waals surface area contributed by atoms with Gasteiger partial charge < -0.3 is 114 Å². The van der Waals surface area contributed by atoms with Gasteiger partial charge in [0.15, 0.2) is 13.1 Å². The molecule has 0 radical (unpaired) electrons. The first-order valence-electron chi connectivity index (χ1n) is 44.4. The molecule has 14 N–H and O–H groups in total. The van der Waals surface area contributed by atoms with Gasteiger partial charge in [0.05, 0.1) is 102 Å². The zero-order chi connectivity index (χ0) is 83.8. The number of nitrogens with zero attached hydrogens (tertiary/aromatic N) is 5. The predicted molar refractivity (Wildman–Crippen MR) is 463 cm³/mol. The lowest BCUT2D eigenvalue weighted by atomic mass is 9.44. The number of hydrogen-bond donors (Lipinski definition) is 8. The van der Waals surface area contributed by atoms with E-state index in [2.05, 4.69) is 89.8 Å². The van der Waals surface area contributed by atoms with E-state index in [9.17, 15) is 43.6 Å². The molecule has 10 aliphatic heterocycles. The number of fused-ring (bicyclic) bond motifs is 10. The normalized spacial score (nSPS) is 37.9. The molecule has 2 aromatic rings. The van der Waals surface area contributed by atoms with Crippen LogP contribution in [0, 0.1) is 129 Å². The van der Waals surface area contributed by atoms with E-state index >= 15 is 0 Å². The SMILES string of the molecule is C.C.C.C.C.C1[NH2+]CC2CC12.CC(C)(C)OC(=O)N1CC2CC2C1B(O)O.CC1(C)C2CCC3(COB(C4C5CC5CN4C(=O)C[NH3+])O3)C1C2.CC1(C)C2CCC3(COB(C4[NH2+]CC5CC54)O3)C1C2.CS(=O)(=O)[O-].O=C1C2CC2C(=O)N1Cc1ccccc1.O=C1OC(=O)C2CC12.[Cl-].[Cl-].[NH3+]CC(=O)N1CC2CC2C1B(O)O.c1ccc(CN2CC3CC3C2)cc1. The minimum absolute atomic E-state index is 0. The molecule has 5 amide bonds. The fourth-order valence-corrected chi connectivity index (χ4v) is 23.8. The highest BCUT2D eigenvalue weighted by Gasteiger charge is 2.71. The van der Waals surface area contributed by atoms with Gasteiger partial charge in [-0.1, -0.05) is 125 Å². The van der Waals surface area contributed by atoms with Gasteiger partial charge in [0, 0.05) is 69.2 Å². The topological polar surface area (TPSA) is 418 Å². The Bertz CT molecular complexity index is 4130. The van der Waals surface area contributed by atoms with Crippen LogP contribution in [0.3, 0.4) is 0 Å². The molecule has 36 heteroatoms. The van der Waals surface area contributed by atoms with Crippen LogP contribution in [0.4, 0.5) is 4.79 Å². The maximum absolute atomic E-state index is 12.2. The highest BCUT2D eigenvalue weighted by atomic mass is 35.5. The molecule has 125 heavy (non-hydrogen) atoms. The number of rotatable bonds is 10. The van der Waals surface area contributed by atoms with E-state index in [4.69, 9.17) is 46.4 Å². The van der Waals surface area contributed by atoms with Crippen LogP contribution >= 0.6 is 0 Å². The first-order valence-corrected chi connectivity index (χ1v) is 46.2. The number of carbonyl (C=O) groups excluding carboxylic acids is 7. The van der Waals surface area contributed by atoms with Crippen LogP contribution in [0.5, 0.6) is 0 Å². The van der Waals surface area contributed by atoms with Crippen molar-refractivity contribution in [2.75, 3.05) is 84.9 Å². The molecule has 24 fully saturated rings. The van der Waals surface area contributed by atoms with Crippen molar-refractivity contribution in [3.63, 3.8) is 0 Å². The number of imide groups is 1. The van der Waals surface area contributed by atoms with E-state index in [1.165, 1.54) is 99.5 Å². The molecule has 2 spiro atoms. The molecule has 10 heterocycles. The number of likely N-dealkylation sites (tertiary alicyclic amines) is 5. The summed E-state index contributed by atoms with van der Waals surface area (Å²) in [4.78, 5) is 88.5. The third-order valence-corrected chi connectivity index (χ3v) is 31.5. The maximum Gasteiger partial charge on any atom is 0.521 e. The van der Waals surface area contributed by atoms with Gasteiger partial charge in [0.2, 0.25) is 11.8 Å². The highest BCUT2D eigenvalue weighted by molar-refractivity contribution is 7.84. The summed E-state index contributed by atoms with van der Waals surface area (Å²) in [5.41, 5.74) is 10.1. The zero-order valence-corrected chi connectivity index (χ0v) is 73.4. The van der Waals surface area contributed by atoms with Gasteiger partial charge in [0.1, 0.15) is 11.5 Å². The first kappa shape index (κ1) is 104. The molecule has 4 bridgehead atoms. The average Bonchev–Trinajstić information content (AvgIpc) is 1.45. The standard InChI is InChI=1S/C17H27BN2O3.C15H24BNO2.C12H11NO2.C12H15N.C10H18BNO4.C7H13BN2O3.C5H9N.C5H4O3.CH4O3S.5CH4.2ClH/c1-16(2)11-3-4-17(13(16)6-11)9-22-18(23-17)15-12-5-10(12)8-20(15)14(21)7-19;1-14(2)10-3-4-15(12(14)6-10)8-18-16(19-15)13-11-5-9(11)7-17-13;14-11-9-6-10(9)12(15)13(11)7-8-4-2-1-3-5-8;1-2-4-10(5-3-1)7-13-8-11-6-12(11)9-13;1-10(2,3)16-9(13)12-5-6-4-7(6)8(12)11(14)15;9-2-6(11)10-3-4-1-5(4)7(10)8(12)13;1-4-2-6-3-5(1)4;6-4-2-1-3(2)5(7)8-4;1-5(2,3)4;;;;;;;/h10-13,15H,3-9,19H2,1-2H3;9-13,17H,3-8H2,1-2H3;1-5,9-10H,6-7H2;1-5,11-12H,6-9H2;6-8,14-15H,4-5H2,1-3H3;4-5,7,12-13H,1-3,9H2;4-6H,1-3H2;2-3H,1H2;1H3,(H,2,3,4);5*1H4;2*1H/p+1. The van der Waals surface area contributed by atoms with Crippen LogP contribution in [-0.2, 0) is 80.1 Å². The number of piperidine rings is 7. The predicted octanol–water partition coefficient (Wildman–Crippen LogP) is -2.89. The Hall–Kier alpha value is -4.84. The van der Waals surface area contributed by atoms with E-state index in [1.54, 1.807) is 32.1 Å². The molecular weight excluding hydrogens is 1660 g/mol. The Kier molecular flexibility index (Phi) is 33.5. The monoisotopic (exact) mass is 1810 g/mol. The Morgan fingerprint density at radius 2 is 0.976 bits per heavy atom. The third-order valence-electron chi connectivity index (χ3n) is 31.5. The number of carbonyl (C=O) groups is 7. The van der Waals surface area contributed by atoms with Crippen LogP contribution in [-0.4, -0.2) is 253 Å². The lowest BCUT2D eigenvalue weighted by molar-refractivity contribution is -0.663. The highest BCUT2D eigenvalue weighted by Crippen LogP contribution is 2.67. The molecule has 26 atom stereocenters. The number of nitrogens with two attached hydrogens (primary N) is 2. The minimum atomic E-state index is -3.92. The van der Waals surface area contributed by atoms with Crippen molar-refractivity contribution in [3.8, 4) is 0 Å². The van der Waals surface area contributed by atoms with Crippen molar-refractivity contribution in [1.29, 1.82) is 0 Å². The summed E-state index contributed by atoms with van der Waals surface area (Å²) in [6.07, 6.45) is 17.1. The Balaban J connectivity index is 0.000000162. The number of halogens is 2. The largest absolute Gasteiger partial charge is 1.00 e. The summed E-state index contributed by atoms with van der Waals surface area (Å²) in [6.45, 7) is 27.8. The molecule has 2 aromatic carbocycles. The summed E-state index contributed by atoms with van der Waals surface area (Å²) >= 11 is 0. The molecule has 14 aliphatic carbocycles. The molecule has 26 rings (SSSR count). The van der Waals surface area contributed by atoms with Gasteiger partial charge in [-0.2, -0.15) is 0 Å². The summed E-state index contributed by atoms with van der Waals surface area (Å²) in [6, 6.07) is 20.4. The van der Waals surface area contributed by atoms with Gasteiger partial charge in [-0.15, -0.1) is 0 Å². The fourth-order valence-electron chi connectivity index (χ4n) is 23.8. The third kappa shape index (κ3) is 22.6. The van der Waals surface area contributed by atoms with E-state index in [-0.39, 0.29) is 171 Å².